The van der Waals surface area contributed by atoms with E-state index in [1.54, 1.807) is 18.4 Å². The maximum absolute atomic E-state index is 4.97. The van der Waals surface area contributed by atoms with Crippen LogP contribution in [0.5, 0.6) is 0 Å². The third-order valence-corrected chi connectivity index (χ3v) is 3.54. The zero-order valence-corrected chi connectivity index (χ0v) is 11.7. The van der Waals surface area contributed by atoms with Gasteiger partial charge in [0.2, 0.25) is 0 Å². The summed E-state index contributed by atoms with van der Waals surface area (Å²) >= 11 is 1.75. The molecule has 0 radical (unpaired) electrons. The third-order valence-electron chi connectivity index (χ3n) is 2.50. The standard InChI is InChI=1S/C12H23N3OS/c1-3-4-5-6-11-14-15-12(17-11)7-8-13-9-10-16-2/h13H,3-10H2,1-2H3. The normalized spacial score (nSPS) is 10.9. The van der Waals surface area contributed by atoms with E-state index in [0.29, 0.717) is 0 Å². The van der Waals surface area contributed by atoms with Gasteiger partial charge in [0, 0.05) is 33.0 Å². The SMILES string of the molecule is CCCCCc1nnc(CCNCCOC)s1. The first-order valence-electron chi connectivity index (χ1n) is 6.37. The minimum atomic E-state index is 0.762. The van der Waals surface area contributed by atoms with Crippen LogP contribution in [-0.2, 0) is 17.6 Å². The zero-order valence-electron chi connectivity index (χ0n) is 10.9. The Bertz CT molecular complexity index is 291. The van der Waals surface area contributed by atoms with Crippen LogP contribution in [-0.4, -0.2) is 37.0 Å². The van der Waals surface area contributed by atoms with Gasteiger partial charge in [0.25, 0.3) is 0 Å². The molecule has 0 aromatic carbocycles. The number of methoxy groups -OCH3 is 1. The van der Waals surface area contributed by atoms with Gasteiger partial charge < -0.3 is 10.1 Å². The first-order valence-corrected chi connectivity index (χ1v) is 7.19. The summed E-state index contributed by atoms with van der Waals surface area (Å²) in [5, 5.41) is 14.1. The summed E-state index contributed by atoms with van der Waals surface area (Å²) in [6, 6.07) is 0. The number of unbranched alkanes of at least 4 members (excludes halogenated alkanes) is 2. The fourth-order valence-electron chi connectivity index (χ4n) is 1.51. The monoisotopic (exact) mass is 257 g/mol. The first-order chi connectivity index (χ1) is 8.36. The molecular formula is C12H23N3OS. The molecule has 0 aliphatic heterocycles. The van der Waals surface area contributed by atoms with Gasteiger partial charge in [0.05, 0.1) is 6.61 Å². The van der Waals surface area contributed by atoms with E-state index in [0.717, 1.165) is 37.5 Å². The fourth-order valence-corrected chi connectivity index (χ4v) is 2.40. The molecule has 4 nitrogen and oxygen atoms in total. The second-order valence-corrected chi connectivity index (χ2v) is 5.19. The topological polar surface area (TPSA) is 47.0 Å². The van der Waals surface area contributed by atoms with Crippen molar-refractivity contribution in [3.05, 3.63) is 10.0 Å². The summed E-state index contributed by atoms with van der Waals surface area (Å²) in [5.74, 6) is 0. The molecule has 0 atom stereocenters. The Morgan fingerprint density at radius 2 is 1.88 bits per heavy atom. The molecular weight excluding hydrogens is 234 g/mol. The van der Waals surface area contributed by atoms with Crippen molar-refractivity contribution < 1.29 is 4.74 Å². The summed E-state index contributed by atoms with van der Waals surface area (Å²) in [4.78, 5) is 0. The van der Waals surface area contributed by atoms with Gasteiger partial charge in [0.15, 0.2) is 0 Å². The highest BCUT2D eigenvalue weighted by Crippen LogP contribution is 2.13. The highest BCUT2D eigenvalue weighted by molar-refractivity contribution is 7.11. The van der Waals surface area contributed by atoms with Crippen LogP contribution >= 0.6 is 11.3 Å². The largest absolute Gasteiger partial charge is 0.383 e. The number of aryl methyl sites for hydroxylation is 1. The van der Waals surface area contributed by atoms with Crippen molar-refractivity contribution in [1.29, 1.82) is 0 Å². The van der Waals surface area contributed by atoms with Gasteiger partial charge in [-0.3, -0.25) is 0 Å². The van der Waals surface area contributed by atoms with Gasteiger partial charge in [-0.1, -0.05) is 19.8 Å². The molecule has 0 aliphatic carbocycles. The van der Waals surface area contributed by atoms with E-state index in [2.05, 4.69) is 22.4 Å². The van der Waals surface area contributed by atoms with Gasteiger partial charge >= 0.3 is 0 Å². The molecule has 0 spiro atoms. The van der Waals surface area contributed by atoms with E-state index in [9.17, 15) is 0 Å². The van der Waals surface area contributed by atoms with Crippen LogP contribution in [0.2, 0.25) is 0 Å². The highest BCUT2D eigenvalue weighted by atomic mass is 32.1. The van der Waals surface area contributed by atoms with Crippen LogP contribution in [0.3, 0.4) is 0 Å². The number of hydrogen-bond donors (Lipinski definition) is 1. The number of rotatable bonds is 10. The molecule has 98 valence electrons. The quantitative estimate of drug-likeness (QED) is 0.652. The van der Waals surface area contributed by atoms with Crippen LogP contribution in [0.4, 0.5) is 0 Å². The number of aromatic nitrogens is 2. The Morgan fingerprint density at radius 3 is 2.59 bits per heavy atom. The molecule has 0 amide bonds. The number of nitrogens with one attached hydrogen (secondary N) is 1. The highest BCUT2D eigenvalue weighted by Gasteiger charge is 2.03. The molecule has 1 N–H and O–H groups in total. The van der Waals surface area contributed by atoms with Crippen LogP contribution in [0, 0.1) is 0 Å². The van der Waals surface area contributed by atoms with Crippen molar-refractivity contribution in [2.24, 2.45) is 0 Å². The maximum Gasteiger partial charge on any atom is 0.118 e. The molecule has 0 saturated carbocycles. The molecule has 1 rings (SSSR count). The third kappa shape index (κ3) is 6.71. The number of ether oxygens (including phenoxy) is 1. The molecule has 0 fully saturated rings. The predicted molar refractivity (Wildman–Crippen MR) is 71.6 cm³/mol. The van der Waals surface area contributed by atoms with Gasteiger partial charge in [-0.05, 0) is 6.42 Å². The molecule has 1 aromatic heterocycles. The first kappa shape index (κ1) is 14.5. The van der Waals surface area contributed by atoms with E-state index >= 15 is 0 Å². The molecule has 0 unspecified atom stereocenters. The molecule has 0 aliphatic rings. The molecule has 0 bridgehead atoms. The lowest BCUT2D eigenvalue weighted by atomic mass is 10.2. The van der Waals surface area contributed by atoms with Crippen molar-refractivity contribution in [3.8, 4) is 0 Å². The maximum atomic E-state index is 4.97. The van der Waals surface area contributed by atoms with Crippen molar-refractivity contribution in [2.75, 3.05) is 26.8 Å². The van der Waals surface area contributed by atoms with Crippen molar-refractivity contribution in [3.63, 3.8) is 0 Å². The van der Waals surface area contributed by atoms with Crippen LogP contribution in [0.15, 0.2) is 0 Å². The fraction of sp³-hybridized carbons (Fsp3) is 0.833. The van der Waals surface area contributed by atoms with Crippen LogP contribution < -0.4 is 5.32 Å². The average Bonchev–Trinajstić information content (AvgIpc) is 2.77. The molecule has 0 saturated heterocycles. The Morgan fingerprint density at radius 1 is 1.12 bits per heavy atom. The zero-order chi connectivity index (χ0) is 12.3. The molecule has 1 aromatic rings. The van der Waals surface area contributed by atoms with Gasteiger partial charge in [0.1, 0.15) is 10.0 Å². The lowest BCUT2D eigenvalue weighted by Crippen LogP contribution is -2.21. The van der Waals surface area contributed by atoms with E-state index in [4.69, 9.17) is 4.74 Å². The van der Waals surface area contributed by atoms with Crippen molar-refractivity contribution in [1.82, 2.24) is 15.5 Å². The molecule has 5 heteroatoms. The summed E-state index contributed by atoms with van der Waals surface area (Å²) in [5.41, 5.74) is 0. The van der Waals surface area contributed by atoms with E-state index in [-0.39, 0.29) is 0 Å². The molecule has 17 heavy (non-hydrogen) atoms. The second kappa shape index (κ2) is 9.50. The lowest BCUT2D eigenvalue weighted by Gasteiger charge is -2.00. The van der Waals surface area contributed by atoms with Gasteiger partial charge in [-0.15, -0.1) is 21.5 Å². The van der Waals surface area contributed by atoms with Gasteiger partial charge in [-0.25, -0.2) is 0 Å². The Balaban J connectivity index is 2.12. The summed E-state index contributed by atoms with van der Waals surface area (Å²) in [6.07, 6.45) is 5.83. The minimum absolute atomic E-state index is 0.762. The summed E-state index contributed by atoms with van der Waals surface area (Å²) in [7, 11) is 1.72. The predicted octanol–water partition coefficient (Wildman–Crippen LogP) is 2.05. The summed E-state index contributed by atoms with van der Waals surface area (Å²) in [6.45, 7) is 4.83. The summed E-state index contributed by atoms with van der Waals surface area (Å²) < 4.78 is 4.97. The van der Waals surface area contributed by atoms with Crippen molar-refractivity contribution in [2.45, 2.75) is 39.0 Å². The smallest absolute Gasteiger partial charge is 0.118 e. The number of hydrogen-bond acceptors (Lipinski definition) is 5. The molecule has 1 heterocycles. The Hall–Kier alpha value is -0.520. The van der Waals surface area contributed by atoms with Crippen molar-refractivity contribution >= 4 is 11.3 Å². The number of nitrogens with zero attached hydrogens (tertiary/aromatic N) is 2. The Labute approximate surface area is 108 Å². The average molecular weight is 257 g/mol. The Kier molecular flexibility index (Phi) is 8.13. The van der Waals surface area contributed by atoms with Crippen LogP contribution in [0.25, 0.3) is 0 Å². The minimum Gasteiger partial charge on any atom is -0.383 e. The lowest BCUT2D eigenvalue weighted by molar-refractivity contribution is 0.199. The van der Waals surface area contributed by atoms with Gasteiger partial charge in [-0.2, -0.15) is 0 Å². The second-order valence-electron chi connectivity index (χ2n) is 4.04. The van der Waals surface area contributed by atoms with E-state index < -0.39 is 0 Å². The van der Waals surface area contributed by atoms with Crippen LogP contribution in [0.1, 0.15) is 36.2 Å². The van der Waals surface area contributed by atoms with E-state index in [1.807, 2.05) is 0 Å². The van der Waals surface area contributed by atoms with E-state index in [1.165, 1.54) is 24.3 Å².